The van der Waals surface area contributed by atoms with Crippen LogP contribution in [0.25, 0.3) is 16.6 Å². The fourth-order valence-electron chi connectivity index (χ4n) is 5.06. The maximum Gasteiger partial charge on any atom is 0.419 e. The molecule has 4 aromatic rings. The number of anilines is 1. The van der Waals surface area contributed by atoms with Gasteiger partial charge in [-0.2, -0.15) is 13.2 Å². The van der Waals surface area contributed by atoms with Crippen molar-refractivity contribution in [2.24, 2.45) is 0 Å². The molecule has 7 nitrogen and oxygen atoms in total. The van der Waals surface area contributed by atoms with Crippen molar-refractivity contribution in [1.29, 1.82) is 0 Å². The van der Waals surface area contributed by atoms with Crippen LogP contribution in [0.4, 0.5) is 27.8 Å². The van der Waals surface area contributed by atoms with Crippen molar-refractivity contribution >= 4 is 28.3 Å². The number of nitrogens with two attached hydrogens (primary N) is 1. The smallest absolute Gasteiger partial charge is 0.382 e. The number of hydrogen-bond acceptors (Lipinski definition) is 5. The first-order valence-electron chi connectivity index (χ1n) is 10.7. The third kappa shape index (κ3) is 3.16. The molecule has 180 valence electrons. The molecule has 1 saturated heterocycles. The second-order valence-corrected chi connectivity index (χ2v) is 8.52. The van der Waals surface area contributed by atoms with E-state index in [2.05, 4.69) is 9.97 Å². The molecule has 3 heterocycles. The Balaban J connectivity index is 1.45. The number of morpholine rings is 1. The Bertz CT molecular complexity index is 1530. The molecule has 0 bridgehead atoms. The lowest BCUT2D eigenvalue weighted by atomic mass is 10.0. The highest BCUT2D eigenvalue weighted by molar-refractivity contribution is 5.99. The normalized spacial score (nSPS) is 19.9. The molecule has 2 aromatic heterocycles. The number of alkyl halides is 3. The molecule has 1 aliphatic carbocycles. The molecule has 2 N–H and O–H groups in total. The first-order valence-corrected chi connectivity index (χ1v) is 10.7. The quantitative estimate of drug-likeness (QED) is 0.410. The zero-order chi connectivity index (χ0) is 24.6. The number of amides is 1. The fraction of sp³-hybridized carbons (Fsp3) is 0.261. The van der Waals surface area contributed by atoms with Gasteiger partial charge in [0.25, 0.3) is 5.91 Å². The van der Waals surface area contributed by atoms with Crippen LogP contribution in [0.2, 0.25) is 0 Å². The number of carbonyl (C=O) groups excluding carboxylic acids is 1. The summed E-state index contributed by atoms with van der Waals surface area (Å²) in [6, 6.07) is 3.40. The van der Waals surface area contributed by atoms with Crippen molar-refractivity contribution in [3.05, 3.63) is 70.7 Å². The van der Waals surface area contributed by atoms with Crippen molar-refractivity contribution in [2.75, 3.05) is 18.9 Å². The summed E-state index contributed by atoms with van der Waals surface area (Å²) in [6.07, 6.45) is -2.78. The average Bonchev–Trinajstić information content (AvgIpc) is 3.44. The predicted octanol–water partition coefficient (Wildman–Crippen LogP) is 3.90. The lowest BCUT2D eigenvalue weighted by molar-refractivity contribution is -0.140. The summed E-state index contributed by atoms with van der Waals surface area (Å²) in [5, 5.41) is 0. The number of hydrogen-bond donors (Lipinski definition) is 1. The van der Waals surface area contributed by atoms with E-state index in [9.17, 15) is 22.4 Å². The summed E-state index contributed by atoms with van der Waals surface area (Å²) in [5.74, 6) is -2.76. The molecule has 0 unspecified atom stereocenters. The molecule has 2 aliphatic rings. The highest BCUT2D eigenvalue weighted by atomic mass is 19.4. The highest BCUT2D eigenvalue weighted by Gasteiger charge is 2.46. The molecule has 6 rings (SSSR count). The van der Waals surface area contributed by atoms with E-state index in [-0.39, 0.29) is 47.6 Å². The number of ether oxygens (including phenoxy) is 1. The Kier molecular flexibility index (Phi) is 4.56. The van der Waals surface area contributed by atoms with Gasteiger partial charge < -0.3 is 15.4 Å². The van der Waals surface area contributed by atoms with Gasteiger partial charge in [0.1, 0.15) is 23.0 Å². The number of nitrogens with zero attached hydrogens (tertiary/aromatic N) is 4. The second kappa shape index (κ2) is 7.35. The standard InChI is InChI=1S/C23H16F5N5O2/c24-14-7-15-16(33-9-30-8-17(33)21(29)31-15)5-12(14)22(34)32-3-4-35-18-6-11-10(20(18)32)1-2-13(19(11)25)23(26,27)28/h1-2,5,7-9,18,20H,3-4,6H2,(H2,29,31)/t18-,20+/m1/s1. The predicted molar refractivity (Wildman–Crippen MR) is 113 cm³/mol. The zero-order valence-electron chi connectivity index (χ0n) is 17.8. The molecule has 1 amide bonds. The number of carbonyl (C=O) groups is 1. The van der Waals surface area contributed by atoms with E-state index in [1.807, 2.05) is 0 Å². The van der Waals surface area contributed by atoms with Crippen LogP contribution in [0.15, 0.2) is 36.8 Å². The van der Waals surface area contributed by atoms with Crippen molar-refractivity contribution in [1.82, 2.24) is 19.3 Å². The van der Waals surface area contributed by atoms with Crippen LogP contribution in [0.1, 0.15) is 33.1 Å². The molecule has 0 spiro atoms. The first-order chi connectivity index (χ1) is 16.6. The van der Waals surface area contributed by atoms with Gasteiger partial charge in [-0.15, -0.1) is 0 Å². The van der Waals surface area contributed by atoms with Crippen LogP contribution < -0.4 is 5.73 Å². The van der Waals surface area contributed by atoms with Gasteiger partial charge in [-0.25, -0.2) is 18.7 Å². The third-order valence-electron chi connectivity index (χ3n) is 6.62. The van der Waals surface area contributed by atoms with Crippen LogP contribution in [0.5, 0.6) is 0 Å². The maximum atomic E-state index is 15.1. The summed E-state index contributed by atoms with van der Waals surface area (Å²) in [4.78, 5) is 23.1. The molecule has 2 atom stereocenters. The summed E-state index contributed by atoms with van der Waals surface area (Å²) >= 11 is 0. The second-order valence-electron chi connectivity index (χ2n) is 8.52. The topological polar surface area (TPSA) is 85.8 Å². The Morgan fingerprint density at radius 2 is 1.97 bits per heavy atom. The minimum Gasteiger partial charge on any atom is -0.382 e. The summed E-state index contributed by atoms with van der Waals surface area (Å²) in [5.41, 5.74) is 5.44. The number of rotatable bonds is 1. The minimum absolute atomic E-state index is 0.0556. The van der Waals surface area contributed by atoms with E-state index >= 15 is 4.39 Å². The van der Waals surface area contributed by atoms with E-state index in [1.165, 1.54) is 29.6 Å². The molecular weight excluding hydrogens is 473 g/mol. The van der Waals surface area contributed by atoms with Crippen LogP contribution in [-0.2, 0) is 17.3 Å². The SMILES string of the molecule is Nc1nc2cc(F)c(C(=O)N3CCO[C@@H]4Cc5c(ccc(C(F)(F)F)c5F)[C@@H]43)cc2n2cncc12. The molecule has 0 saturated carbocycles. The lowest BCUT2D eigenvalue weighted by Gasteiger charge is -2.38. The number of halogens is 5. The number of imidazole rings is 1. The highest BCUT2D eigenvalue weighted by Crippen LogP contribution is 2.44. The van der Waals surface area contributed by atoms with E-state index in [4.69, 9.17) is 10.5 Å². The van der Waals surface area contributed by atoms with Gasteiger partial charge in [-0.3, -0.25) is 9.20 Å². The molecule has 0 radical (unpaired) electrons. The van der Waals surface area contributed by atoms with Crippen LogP contribution in [0, 0.1) is 11.6 Å². The molecular formula is C23H16F5N5O2. The van der Waals surface area contributed by atoms with E-state index in [1.54, 1.807) is 4.40 Å². The van der Waals surface area contributed by atoms with Crippen molar-refractivity contribution < 1.29 is 31.5 Å². The lowest BCUT2D eigenvalue weighted by Crippen LogP contribution is -2.46. The Hall–Kier alpha value is -3.80. The van der Waals surface area contributed by atoms with Crippen LogP contribution >= 0.6 is 0 Å². The zero-order valence-corrected chi connectivity index (χ0v) is 17.8. The van der Waals surface area contributed by atoms with Gasteiger partial charge in [0.2, 0.25) is 0 Å². The Morgan fingerprint density at radius 3 is 2.74 bits per heavy atom. The van der Waals surface area contributed by atoms with Gasteiger partial charge in [-0.05, 0) is 23.3 Å². The van der Waals surface area contributed by atoms with Crippen molar-refractivity contribution in [3.63, 3.8) is 0 Å². The number of fused-ring (bicyclic) bond motifs is 6. The number of nitrogen functional groups attached to an aromatic ring is 1. The minimum atomic E-state index is -4.85. The first kappa shape index (κ1) is 21.7. The summed E-state index contributed by atoms with van der Waals surface area (Å²) < 4.78 is 76.7. The largest absolute Gasteiger partial charge is 0.419 e. The molecule has 1 fully saturated rings. The molecule has 1 aliphatic heterocycles. The van der Waals surface area contributed by atoms with Gasteiger partial charge in [0.05, 0.1) is 53.4 Å². The monoisotopic (exact) mass is 489 g/mol. The summed E-state index contributed by atoms with van der Waals surface area (Å²) in [6.45, 7) is 0.133. The van der Waals surface area contributed by atoms with E-state index in [0.717, 1.165) is 6.07 Å². The van der Waals surface area contributed by atoms with Gasteiger partial charge in [0.15, 0.2) is 0 Å². The fourth-order valence-corrected chi connectivity index (χ4v) is 5.06. The molecule has 35 heavy (non-hydrogen) atoms. The van der Waals surface area contributed by atoms with Crippen molar-refractivity contribution in [3.8, 4) is 0 Å². The van der Waals surface area contributed by atoms with E-state index < -0.39 is 41.4 Å². The molecule has 12 heteroatoms. The van der Waals surface area contributed by atoms with Crippen molar-refractivity contribution in [2.45, 2.75) is 24.7 Å². The Labute approximate surface area is 193 Å². The third-order valence-corrected chi connectivity index (χ3v) is 6.62. The van der Waals surface area contributed by atoms with Gasteiger partial charge >= 0.3 is 6.18 Å². The van der Waals surface area contributed by atoms with E-state index in [0.29, 0.717) is 17.1 Å². The molecule has 2 aromatic carbocycles. The maximum absolute atomic E-state index is 15.1. The van der Waals surface area contributed by atoms with Crippen LogP contribution in [-0.4, -0.2) is 44.4 Å². The van der Waals surface area contributed by atoms with Gasteiger partial charge in [-0.1, -0.05) is 6.07 Å². The Morgan fingerprint density at radius 1 is 1.17 bits per heavy atom. The van der Waals surface area contributed by atoms with Crippen LogP contribution in [0.3, 0.4) is 0 Å². The number of benzene rings is 2. The van der Waals surface area contributed by atoms with Gasteiger partial charge in [0, 0.05) is 19.0 Å². The average molecular weight is 489 g/mol. The number of aromatic nitrogens is 3. The summed E-state index contributed by atoms with van der Waals surface area (Å²) in [7, 11) is 0.